The van der Waals surface area contributed by atoms with Gasteiger partial charge in [0.15, 0.2) is 0 Å². The van der Waals surface area contributed by atoms with Crippen LogP contribution >= 0.6 is 0 Å². The Kier molecular flexibility index (Phi) is 6.75. The van der Waals surface area contributed by atoms with Gasteiger partial charge in [-0.15, -0.1) is 0 Å². The van der Waals surface area contributed by atoms with Crippen LogP contribution in [-0.2, 0) is 16.1 Å². The summed E-state index contributed by atoms with van der Waals surface area (Å²) < 4.78 is 10.6. The fourth-order valence-corrected chi connectivity index (χ4v) is 2.17. The zero-order valence-electron chi connectivity index (χ0n) is 13.6. The zero-order valence-corrected chi connectivity index (χ0v) is 13.6. The number of carbonyl (C=O) groups is 1. The van der Waals surface area contributed by atoms with Crippen LogP contribution in [0.5, 0.6) is 0 Å². The highest BCUT2D eigenvalue weighted by molar-refractivity contribution is 5.89. The number of rotatable bonds is 7. The second-order valence-electron chi connectivity index (χ2n) is 5.07. The highest BCUT2D eigenvalue weighted by atomic mass is 16.5. The van der Waals surface area contributed by atoms with Gasteiger partial charge in [0.05, 0.1) is 31.5 Å². The van der Waals surface area contributed by atoms with E-state index in [9.17, 15) is 4.79 Å². The maximum absolute atomic E-state index is 11.6. The number of allylic oxidation sites excluding steroid dienone is 1. The van der Waals surface area contributed by atoms with Crippen molar-refractivity contribution >= 4 is 11.5 Å². The third-order valence-electron chi connectivity index (χ3n) is 3.37. The minimum atomic E-state index is -0.326. The summed E-state index contributed by atoms with van der Waals surface area (Å²) in [5.41, 5.74) is 3.28. The molecule has 0 spiro atoms. The van der Waals surface area contributed by atoms with E-state index in [4.69, 9.17) is 14.7 Å². The van der Waals surface area contributed by atoms with Crippen LogP contribution in [0.4, 0.5) is 0 Å². The Labute approximate surface area is 141 Å². The van der Waals surface area contributed by atoms with Crippen molar-refractivity contribution in [1.82, 2.24) is 0 Å². The maximum Gasteiger partial charge on any atom is 0.338 e. The van der Waals surface area contributed by atoms with Crippen LogP contribution in [-0.4, -0.2) is 19.2 Å². The van der Waals surface area contributed by atoms with Gasteiger partial charge < -0.3 is 9.47 Å². The van der Waals surface area contributed by atoms with Gasteiger partial charge in [-0.25, -0.2) is 4.79 Å². The molecule has 0 fully saturated rings. The summed E-state index contributed by atoms with van der Waals surface area (Å²) >= 11 is 0. The summed E-state index contributed by atoms with van der Waals surface area (Å²) in [4.78, 5) is 11.6. The lowest BCUT2D eigenvalue weighted by Gasteiger charge is -2.09. The Morgan fingerprint density at radius 3 is 2.42 bits per heavy atom. The van der Waals surface area contributed by atoms with Crippen LogP contribution in [0.2, 0.25) is 0 Å². The Balaban J connectivity index is 1.92. The monoisotopic (exact) mass is 321 g/mol. The number of nitrogens with zero attached hydrogens (tertiary/aromatic N) is 1. The van der Waals surface area contributed by atoms with Crippen LogP contribution in [0.1, 0.15) is 28.4 Å². The van der Waals surface area contributed by atoms with Crippen LogP contribution in [0, 0.1) is 11.3 Å². The van der Waals surface area contributed by atoms with Crippen LogP contribution in [0.3, 0.4) is 0 Å². The molecule has 0 aliphatic carbocycles. The van der Waals surface area contributed by atoms with Gasteiger partial charge in [-0.2, -0.15) is 5.26 Å². The SMILES string of the molecule is CCOC(=O)c1ccc(COC/C(=C/C#N)c2ccccc2)cc1. The average Bonchev–Trinajstić information content (AvgIpc) is 2.62. The quantitative estimate of drug-likeness (QED) is 0.571. The van der Waals surface area contributed by atoms with Crippen molar-refractivity contribution in [2.75, 3.05) is 13.2 Å². The van der Waals surface area contributed by atoms with E-state index in [-0.39, 0.29) is 5.97 Å². The molecule has 0 bridgehead atoms. The number of nitriles is 1. The van der Waals surface area contributed by atoms with Crippen molar-refractivity contribution in [3.05, 3.63) is 77.4 Å². The molecule has 0 aliphatic rings. The molecule has 0 unspecified atom stereocenters. The number of benzene rings is 2. The van der Waals surface area contributed by atoms with Crippen molar-refractivity contribution in [3.63, 3.8) is 0 Å². The van der Waals surface area contributed by atoms with Crippen molar-refractivity contribution < 1.29 is 14.3 Å². The van der Waals surface area contributed by atoms with Crippen molar-refractivity contribution in [1.29, 1.82) is 5.26 Å². The predicted molar refractivity (Wildman–Crippen MR) is 92.1 cm³/mol. The van der Waals surface area contributed by atoms with E-state index >= 15 is 0 Å². The molecule has 24 heavy (non-hydrogen) atoms. The van der Waals surface area contributed by atoms with Gasteiger partial charge in [-0.3, -0.25) is 0 Å². The van der Waals surface area contributed by atoms with E-state index in [1.165, 1.54) is 6.08 Å². The van der Waals surface area contributed by atoms with Gasteiger partial charge >= 0.3 is 5.97 Å². The smallest absolute Gasteiger partial charge is 0.338 e. The molecule has 0 heterocycles. The molecule has 0 N–H and O–H groups in total. The molecule has 0 saturated heterocycles. The number of hydrogen-bond donors (Lipinski definition) is 0. The van der Waals surface area contributed by atoms with Gasteiger partial charge in [-0.1, -0.05) is 42.5 Å². The Morgan fingerprint density at radius 1 is 1.08 bits per heavy atom. The second kappa shape index (κ2) is 9.29. The molecule has 2 aromatic rings. The number of ether oxygens (including phenoxy) is 2. The highest BCUT2D eigenvalue weighted by Gasteiger charge is 2.06. The first-order valence-electron chi connectivity index (χ1n) is 7.72. The Hall–Kier alpha value is -2.90. The van der Waals surface area contributed by atoms with Crippen LogP contribution in [0.15, 0.2) is 60.7 Å². The second-order valence-corrected chi connectivity index (χ2v) is 5.07. The van der Waals surface area contributed by atoms with E-state index in [0.717, 1.165) is 16.7 Å². The lowest BCUT2D eigenvalue weighted by molar-refractivity contribution is 0.0526. The number of esters is 1. The first kappa shape index (κ1) is 17.5. The molecule has 122 valence electrons. The zero-order chi connectivity index (χ0) is 17.2. The molecule has 0 aromatic heterocycles. The molecule has 2 rings (SSSR count). The Morgan fingerprint density at radius 2 is 1.79 bits per heavy atom. The lowest BCUT2D eigenvalue weighted by Crippen LogP contribution is -2.04. The fraction of sp³-hybridized carbons (Fsp3) is 0.200. The molecule has 0 saturated carbocycles. The van der Waals surface area contributed by atoms with Gasteiger partial charge in [0.25, 0.3) is 0 Å². The van der Waals surface area contributed by atoms with E-state index < -0.39 is 0 Å². The third kappa shape index (κ3) is 5.08. The molecular formula is C20H19NO3. The number of carbonyl (C=O) groups excluding carboxylic acids is 1. The summed E-state index contributed by atoms with van der Waals surface area (Å²) in [5, 5.41) is 8.91. The van der Waals surface area contributed by atoms with Gasteiger partial charge in [0.2, 0.25) is 0 Å². The van der Waals surface area contributed by atoms with Gasteiger partial charge in [-0.05, 0) is 35.8 Å². The minimum Gasteiger partial charge on any atom is -0.462 e. The summed E-state index contributed by atoms with van der Waals surface area (Å²) in [6, 6.07) is 18.8. The highest BCUT2D eigenvalue weighted by Crippen LogP contribution is 2.15. The van der Waals surface area contributed by atoms with Crippen molar-refractivity contribution in [2.45, 2.75) is 13.5 Å². The minimum absolute atomic E-state index is 0.326. The summed E-state index contributed by atoms with van der Waals surface area (Å²) in [6.07, 6.45) is 1.50. The average molecular weight is 321 g/mol. The number of hydrogen-bond acceptors (Lipinski definition) is 4. The van der Waals surface area contributed by atoms with Gasteiger partial charge in [0.1, 0.15) is 0 Å². The molecule has 4 heteroatoms. The third-order valence-corrected chi connectivity index (χ3v) is 3.37. The Bertz CT molecular complexity index is 728. The lowest BCUT2D eigenvalue weighted by atomic mass is 10.1. The molecule has 0 aliphatic heterocycles. The largest absolute Gasteiger partial charge is 0.462 e. The summed E-state index contributed by atoms with van der Waals surface area (Å²) in [7, 11) is 0. The maximum atomic E-state index is 11.6. The topological polar surface area (TPSA) is 59.3 Å². The normalized spacial score (nSPS) is 10.9. The van der Waals surface area contributed by atoms with Crippen LogP contribution in [0.25, 0.3) is 5.57 Å². The molecule has 4 nitrogen and oxygen atoms in total. The van der Waals surface area contributed by atoms with E-state index in [1.807, 2.05) is 42.5 Å². The van der Waals surface area contributed by atoms with E-state index in [1.54, 1.807) is 19.1 Å². The van der Waals surface area contributed by atoms with Crippen LogP contribution < -0.4 is 0 Å². The van der Waals surface area contributed by atoms with E-state index in [0.29, 0.717) is 25.4 Å². The molecule has 0 radical (unpaired) electrons. The van der Waals surface area contributed by atoms with Gasteiger partial charge in [0, 0.05) is 6.08 Å². The summed E-state index contributed by atoms with van der Waals surface area (Å²) in [6.45, 7) is 2.88. The molecule has 0 amide bonds. The fourth-order valence-electron chi connectivity index (χ4n) is 2.17. The molecule has 0 atom stereocenters. The standard InChI is InChI=1S/C20H19NO3/c1-2-24-20(22)18-10-8-16(9-11-18)14-23-15-19(12-13-21)17-6-4-3-5-7-17/h3-12H,2,14-15H2,1H3/b19-12-. The molecule has 2 aromatic carbocycles. The van der Waals surface area contributed by atoms with Crippen molar-refractivity contribution in [2.24, 2.45) is 0 Å². The first-order valence-corrected chi connectivity index (χ1v) is 7.72. The summed E-state index contributed by atoms with van der Waals surface area (Å²) in [5.74, 6) is -0.326. The first-order chi connectivity index (χ1) is 11.7. The van der Waals surface area contributed by atoms with E-state index in [2.05, 4.69) is 6.07 Å². The van der Waals surface area contributed by atoms with Crippen molar-refractivity contribution in [3.8, 4) is 6.07 Å². The molecular weight excluding hydrogens is 302 g/mol. The predicted octanol–water partition coefficient (Wildman–Crippen LogP) is 3.99.